The molecule has 3 rings (SSSR count). The number of likely N-dealkylation sites (tertiary alicyclic amines) is 1. The zero-order valence-corrected chi connectivity index (χ0v) is 13.6. The van der Waals surface area contributed by atoms with E-state index in [-0.39, 0.29) is 18.4 Å². The largest absolute Gasteiger partial charge is 0.481 e. The van der Waals surface area contributed by atoms with Crippen LogP contribution in [0.1, 0.15) is 23.0 Å². The van der Waals surface area contributed by atoms with Crippen molar-refractivity contribution in [1.29, 1.82) is 0 Å². The summed E-state index contributed by atoms with van der Waals surface area (Å²) in [5, 5.41) is 9.23. The maximum Gasteiger partial charge on any atom is 0.308 e. The molecule has 0 bridgehead atoms. The first-order chi connectivity index (χ1) is 11.0. The second-order valence-corrected chi connectivity index (χ2v) is 6.83. The lowest BCUT2D eigenvalue weighted by atomic mass is 9.90. The Labute approximate surface area is 138 Å². The summed E-state index contributed by atoms with van der Waals surface area (Å²) in [4.78, 5) is 26.1. The van der Waals surface area contributed by atoms with Crippen LogP contribution in [0.15, 0.2) is 36.4 Å². The fourth-order valence-corrected chi connectivity index (χ4v) is 3.70. The maximum absolute atomic E-state index is 12.7. The summed E-state index contributed by atoms with van der Waals surface area (Å²) in [5.74, 6) is -1.24. The molecule has 1 fully saturated rings. The number of hydrogen-bond donors (Lipinski definition) is 1. The number of amides is 1. The molecule has 1 aromatic heterocycles. The molecule has 1 amide bonds. The van der Waals surface area contributed by atoms with Crippen molar-refractivity contribution >= 4 is 23.4 Å². The molecule has 1 saturated heterocycles. The van der Waals surface area contributed by atoms with Crippen molar-refractivity contribution in [3.8, 4) is 11.3 Å². The monoisotopic (exact) mass is 330 g/mol. The maximum atomic E-state index is 12.7. The topological polar surface area (TPSA) is 70.5 Å². The highest BCUT2D eigenvalue weighted by Gasteiger charge is 2.32. The van der Waals surface area contributed by atoms with Gasteiger partial charge in [0, 0.05) is 18.7 Å². The Hall–Kier alpha value is -2.21. The molecule has 0 radical (unpaired) electrons. The van der Waals surface area contributed by atoms with E-state index >= 15 is 0 Å². The second-order valence-electron chi connectivity index (χ2n) is 6.03. The summed E-state index contributed by atoms with van der Waals surface area (Å²) >= 11 is 1.17. The standard InChI is InChI=1S/C17H18N2O3S/c1-11-7-13(17(21)22)10-19(9-11)16(20)15-8-14(18-23-15)12-5-3-2-4-6-12/h2-6,8,11,13H,7,9-10H2,1H3,(H,21,22). The Morgan fingerprint density at radius 1 is 1.26 bits per heavy atom. The third-order valence-corrected chi connectivity index (χ3v) is 4.86. The van der Waals surface area contributed by atoms with Gasteiger partial charge in [0.1, 0.15) is 4.88 Å². The van der Waals surface area contributed by atoms with Crippen LogP contribution in [0.2, 0.25) is 0 Å². The summed E-state index contributed by atoms with van der Waals surface area (Å²) in [5.41, 5.74) is 1.75. The normalized spacial score (nSPS) is 21.2. The van der Waals surface area contributed by atoms with E-state index in [1.54, 1.807) is 11.0 Å². The van der Waals surface area contributed by atoms with Crippen LogP contribution >= 0.6 is 11.5 Å². The fourth-order valence-electron chi connectivity index (χ4n) is 2.97. The average Bonchev–Trinajstić information content (AvgIpc) is 3.04. The first kappa shape index (κ1) is 15.7. The SMILES string of the molecule is CC1CC(C(=O)O)CN(C(=O)c2cc(-c3ccccc3)ns2)C1. The predicted molar refractivity (Wildman–Crippen MR) is 88.4 cm³/mol. The molecule has 0 saturated carbocycles. The molecule has 2 aromatic rings. The summed E-state index contributed by atoms with van der Waals surface area (Å²) in [7, 11) is 0. The molecule has 2 unspecified atom stereocenters. The van der Waals surface area contributed by atoms with Gasteiger partial charge in [0.15, 0.2) is 0 Å². The van der Waals surface area contributed by atoms with Crippen molar-refractivity contribution in [1.82, 2.24) is 9.27 Å². The minimum Gasteiger partial charge on any atom is -0.481 e. The zero-order chi connectivity index (χ0) is 16.4. The first-order valence-corrected chi connectivity index (χ1v) is 8.36. The van der Waals surface area contributed by atoms with Crippen LogP contribution < -0.4 is 0 Å². The van der Waals surface area contributed by atoms with E-state index in [4.69, 9.17) is 0 Å². The van der Waals surface area contributed by atoms with Crippen LogP contribution in [-0.2, 0) is 4.79 Å². The van der Waals surface area contributed by atoms with Gasteiger partial charge in [0.2, 0.25) is 0 Å². The van der Waals surface area contributed by atoms with Gasteiger partial charge in [-0.3, -0.25) is 9.59 Å². The van der Waals surface area contributed by atoms with Crippen LogP contribution in [0.25, 0.3) is 11.3 Å². The summed E-state index contributed by atoms with van der Waals surface area (Å²) in [6, 6.07) is 11.5. The molecule has 2 atom stereocenters. The van der Waals surface area contributed by atoms with Gasteiger partial charge >= 0.3 is 5.97 Å². The van der Waals surface area contributed by atoms with E-state index < -0.39 is 11.9 Å². The smallest absolute Gasteiger partial charge is 0.308 e. The highest BCUT2D eigenvalue weighted by atomic mass is 32.1. The Balaban J connectivity index is 1.78. The van der Waals surface area contributed by atoms with E-state index in [9.17, 15) is 14.7 Å². The number of aliphatic carboxylic acids is 1. The van der Waals surface area contributed by atoms with Crippen molar-refractivity contribution in [2.24, 2.45) is 11.8 Å². The van der Waals surface area contributed by atoms with Gasteiger partial charge in [0.25, 0.3) is 5.91 Å². The molecule has 23 heavy (non-hydrogen) atoms. The summed E-state index contributed by atoms with van der Waals surface area (Å²) < 4.78 is 4.35. The lowest BCUT2D eigenvalue weighted by Crippen LogP contribution is -2.45. The minimum absolute atomic E-state index is 0.123. The van der Waals surface area contributed by atoms with Crippen molar-refractivity contribution in [3.05, 3.63) is 41.3 Å². The lowest BCUT2D eigenvalue weighted by molar-refractivity contribution is -0.143. The number of aromatic nitrogens is 1. The molecule has 2 heterocycles. The van der Waals surface area contributed by atoms with E-state index in [0.29, 0.717) is 17.8 Å². The van der Waals surface area contributed by atoms with Gasteiger partial charge in [-0.1, -0.05) is 37.3 Å². The third-order valence-electron chi connectivity index (χ3n) is 4.09. The highest BCUT2D eigenvalue weighted by molar-refractivity contribution is 7.08. The number of nitrogens with zero attached hydrogens (tertiary/aromatic N) is 2. The van der Waals surface area contributed by atoms with Gasteiger partial charge in [-0.2, -0.15) is 4.37 Å². The first-order valence-electron chi connectivity index (χ1n) is 7.59. The molecule has 1 aromatic carbocycles. The lowest BCUT2D eigenvalue weighted by Gasteiger charge is -2.34. The van der Waals surface area contributed by atoms with Crippen LogP contribution in [-0.4, -0.2) is 39.3 Å². The molecule has 1 N–H and O–H groups in total. The molecular formula is C17H18N2O3S. The van der Waals surface area contributed by atoms with Gasteiger partial charge in [-0.05, 0) is 29.9 Å². The number of rotatable bonds is 3. The molecule has 1 aliphatic heterocycles. The predicted octanol–water partition coefficient (Wildman–Crippen LogP) is 2.99. The van der Waals surface area contributed by atoms with Gasteiger partial charge in [0.05, 0.1) is 11.6 Å². The van der Waals surface area contributed by atoms with Gasteiger partial charge < -0.3 is 10.0 Å². The number of hydrogen-bond acceptors (Lipinski definition) is 4. The summed E-state index contributed by atoms with van der Waals surface area (Å²) in [6.07, 6.45) is 0.622. The Kier molecular flexibility index (Phi) is 4.43. The van der Waals surface area contributed by atoms with E-state index in [1.807, 2.05) is 37.3 Å². The third kappa shape index (κ3) is 3.42. The zero-order valence-electron chi connectivity index (χ0n) is 12.8. The van der Waals surface area contributed by atoms with Crippen molar-refractivity contribution in [2.45, 2.75) is 13.3 Å². The number of benzene rings is 1. The average molecular weight is 330 g/mol. The minimum atomic E-state index is -0.830. The quantitative estimate of drug-likeness (QED) is 0.939. The number of carbonyl (C=O) groups excluding carboxylic acids is 1. The number of carbonyl (C=O) groups is 2. The van der Waals surface area contributed by atoms with Crippen molar-refractivity contribution in [3.63, 3.8) is 0 Å². The van der Waals surface area contributed by atoms with Crippen LogP contribution in [0.4, 0.5) is 0 Å². The Morgan fingerprint density at radius 3 is 2.70 bits per heavy atom. The van der Waals surface area contributed by atoms with Crippen LogP contribution in [0.3, 0.4) is 0 Å². The fraction of sp³-hybridized carbons (Fsp3) is 0.353. The Bertz CT molecular complexity index is 714. The van der Waals surface area contributed by atoms with Gasteiger partial charge in [-0.25, -0.2) is 0 Å². The molecule has 0 spiro atoms. The Morgan fingerprint density at radius 2 is 2.00 bits per heavy atom. The van der Waals surface area contributed by atoms with Crippen molar-refractivity contribution < 1.29 is 14.7 Å². The van der Waals surface area contributed by atoms with E-state index in [0.717, 1.165) is 11.3 Å². The molecular weight excluding hydrogens is 312 g/mol. The molecule has 6 heteroatoms. The molecule has 0 aliphatic carbocycles. The van der Waals surface area contributed by atoms with Crippen LogP contribution in [0, 0.1) is 11.8 Å². The number of piperidine rings is 1. The molecule has 1 aliphatic rings. The number of carboxylic acids is 1. The summed E-state index contributed by atoms with van der Waals surface area (Å²) in [6.45, 7) is 2.86. The van der Waals surface area contributed by atoms with Crippen molar-refractivity contribution in [2.75, 3.05) is 13.1 Å². The second kappa shape index (κ2) is 6.50. The highest BCUT2D eigenvalue weighted by Crippen LogP contribution is 2.26. The molecule has 5 nitrogen and oxygen atoms in total. The number of carboxylic acid groups (broad SMARTS) is 1. The van der Waals surface area contributed by atoms with Gasteiger partial charge in [-0.15, -0.1) is 0 Å². The molecule has 120 valence electrons. The van der Waals surface area contributed by atoms with E-state index in [2.05, 4.69) is 4.37 Å². The van der Waals surface area contributed by atoms with Crippen LogP contribution in [0.5, 0.6) is 0 Å². The van der Waals surface area contributed by atoms with E-state index in [1.165, 1.54) is 11.5 Å².